The quantitative estimate of drug-likeness (QED) is 0.221. The van der Waals surface area contributed by atoms with E-state index in [-0.39, 0.29) is 18.3 Å². The Kier molecular flexibility index (Phi) is 14.1. The van der Waals surface area contributed by atoms with Crippen LogP contribution in [0.4, 0.5) is 5.69 Å². The van der Waals surface area contributed by atoms with Crippen molar-refractivity contribution in [2.45, 2.75) is 51.5 Å². The molecule has 0 radical (unpaired) electrons. The molecule has 0 heterocycles. The first-order chi connectivity index (χ1) is 16.5. The molecule has 0 spiro atoms. The minimum absolute atomic E-state index is 0. The molecule has 6 nitrogen and oxygen atoms in total. The monoisotopic (exact) mass is 520 g/mol. The van der Waals surface area contributed by atoms with Gasteiger partial charge in [0.1, 0.15) is 0 Å². The Morgan fingerprint density at radius 2 is 1.40 bits per heavy atom. The number of carbonyl (C=O) groups is 1. The lowest BCUT2D eigenvalue weighted by Crippen LogP contribution is -2.64. The Hall–Kier alpha value is -2.00. The van der Waals surface area contributed by atoms with E-state index in [1.165, 1.54) is 6.08 Å². The van der Waals surface area contributed by atoms with Gasteiger partial charge in [-0.05, 0) is 61.6 Å². The van der Waals surface area contributed by atoms with Crippen LogP contribution < -0.4 is 11.1 Å². The predicted molar refractivity (Wildman–Crippen MR) is 148 cm³/mol. The summed E-state index contributed by atoms with van der Waals surface area (Å²) in [5.74, 6) is -0.253. The molecule has 0 saturated heterocycles. The van der Waals surface area contributed by atoms with Crippen LogP contribution in [0, 0.1) is 0 Å². The first-order valence-corrected chi connectivity index (χ1v) is 14.0. The summed E-state index contributed by atoms with van der Waals surface area (Å²) in [4.78, 5) is 11.8. The van der Waals surface area contributed by atoms with Crippen molar-refractivity contribution in [2.24, 2.45) is 5.73 Å². The van der Waals surface area contributed by atoms with Crippen LogP contribution in [-0.2, 0) is 23.1 Å². The highest BCUT2D eigenvalue weighted by atomic mass is 35.5. The number of hydrogen-bond donors (Lipinski definition) is 2. The molecule has 0 fully saturated rings. The standard InChI is InChI=1S/C27H40N2O4Si.ClH/c1-5-20-31-34(32-21-6-2,33-22-7-3)27(18-19-28,23-12-10-9-11-13-23)24-14-16-25(17-15-24)29-26(30)8-4;/h8-17H,4-7,18-22,28H2,1-3H3,(H,29,30);1H. The molecule has 1 unspecified atom stereocenters. The van der Waals surface area contributed by atoms with Crippen LogP contribution in [0.2, 0.25) is 0 Å². The summed E-state index contributed by atoms with van der Waals surface area (Å²) in [6, 6.07) is 18.1. The number of anilines is 1. The van der Waals surface area contributed by atoms with Crippen molar-refractivity contribution in [3.63, 3.8) is 0 Å². The van der Waals surface area contributed by atoms with Gasteiger partial charge in [0.05, 0.1) is 5.04 Å². The molecule has 2 aromatic carbocycles. The first-order valence-electron chi connectivity index (χ1n) is 12.2. The van der Waals surface area contributed by atoms with E-state index in [0.29, 0.717) is 38.5 Å². The van der Waals surface area contributed by atoms with E-state index in [0.717, 1.165) is 30.4 Å². The van der Waals surface area contributed by atoms with Gasteiger partial charge in [-0.15, -0.1) is 12.4 Å². The number of rotatable bonds is 16. The Morgan fingerprint density at radius 1 is 0.914 bits per heavy atom. The van der Waals surface area contributed by atoms with Crippen LogP contribution in [0.5, 0.6) is 0 Å². The lowest BCUT2D eigenvalue weighted by molar-refractivity contribution is -0.111. The van der Waals surface area contributed by atoms with Gasteiger partial charge in [0.15, 0.2) is 0 Å². The second kappa shape index (κ2) is 15.9. The van der Waals surface area contributed by atoms with Crippen molar-refractivity contribution in [3.8, 4) is 0 Å². The van der Waals surface area contributed by atoms with Crippen LogP contribution >= 0.6 is 12.4 Å². The number of nitrogens with one attached hydrogen (secondary N) is 1. The Bertz CT molecular complexity index is 861. The molecule has 194 valence electrons. The molecule has 3 N–H and O–H groups in total. The summed E-state index contributed by atoms with van der Waals surface area (Å²) >= 11 is 0. The summed E-state index contributed by atoms with van der Waals surface area (Å²) in [6.07, 6.45) is 4.39. The summed E-state index contributed by atoms with van der Waals surface area (Å²) in [5.41, 5.74) is 9.01. The minimum atomic E-state index is -3.38. The van der Waals surface area contributed by atoms with E-state index in [1.807, 2.05) is 42.5 Å². The van der Waals surface area contributed by atoms with E-state index in [2.05, 4.69) is 44.8 Å². The number of carbonyl (C=O) groups excluding carboxylic acids is 1. The van der Waals surface area contributed by atoms with Crippen molar-refractivity contribution >= 4 is 32.8 Å². The fourth-order valence-electron chi connectivity index (χ4n) is 4.14. The van der Waals surface area contributed by atoms with Gasteiger partial charge in [0.2, 0.25) is 5.91 Å². The maximum atomic E-state index is 11.8. The number of amides is 1. The summed E-state index contributed by atoms with van der Waals surface area (Å²) in [5, 5.41) is 2.11. The zero-order valence-corrected chi connectivity index (χ0v) is 23.1. The third kappa shape index (κ3) is 7.49. The summed E-state index contributed by atoms with van der Waals surface area (Å²) < 4.78 is 20.0. The fraction of sp³-hybridized carbons (Fsp3) is 0.444. The minimum Gasteiger partial charge on any atom is -0.373 e. The molecule has 8 heteroatoms. The van der Waals surface area contributed by atoms with E-state index >= 15 is 0 Å². The van der Waals surface area contributed by atoms with Gasteiger partial charge in [-0.2, -0.15) is 0 Å². The second-order valence-corrected chi connectivity index (χ2v) is 11.0. The van der Waals surface area contributed by atoms with E-state index in [9.17, 15) is 4.79 Å². The van der Waals surface area contributed by atoms with Gasteiger partial charge in [-0.3, -0.25) is 4.79 Å². The van der Waals surface area contributed by atoms with Gasteiger partial charge >= 0.3 is 8.80 Å². The summed E-state index contributed by atoms with van der Waals surface area (Å²) in [6.45, 7) is 11.8. The van der Waals surface area contributed by atoms with Gasteiger partial charge in [-0.25, -0.2) is 0 Å². The number of benzene rings is 2. The van der Waals surface area contributed by atoms with E-state index in [1.54, 1.807) is 0 Å². The molecule has 0 aliphatic heterocycles. The number of halogens is 1. The van der Waals surface area contributed by atoms with E-state index in [4.69, 9.17) is 19.0 Å². The molecule has 0 aliphatic carbocycles. The maximum Gasteiger partial charge on any atom is 0.516 e. The van der Waals surface area contributed by atoms with Crippen LogP contribution in [0.3, 0.4) is 0 Å². The van der Waals surface area contributed by atoms with Crippen molar-refractivity contribution in [1.82, 2.24) is 0 Å². The highest BCUT2D eigenvalue weighted by Gasteiger charge is 2.62. The van der Waals surface area contributed by atoms with Gasteiger partial charge in [0.25, 0.3) is 0 Å². The average Bonchev–Trinajstić information content (AvgIpc) is 2.88. The van der Waals surface area contributed by atoms with Gasteiger partial charge in [-0.1, -0.05) is 69.8 Å². The predicted octanol–water partition coefficient (Wildman–Crippen LogP) is 5.63. The zero-order chi connectivity index (χ0) is 24.9. The molecule has 1 amide bonds. The smallest absolute Gasteiger partial charge is 0.373 e. The Morgan fingerprint density at radius 3 is 1.83 bits per heavy atom. The van der Waals surface area contributed by atoms with Crippen molar-refractivity contribution in [1.29, 1.82) is 0 Å². The SMILES string of the molecule is C=CC(=O)Nc1ccc(C(CCN)(c2ccccc2)[Si](OCCC)(OCCC)OCCC)cc1.Cl. The lowest BCUT2D eigenvalue weighted by atomic mass is 9.87. The Labute approximate surface area is 218 Å². The molecule has 0 aliphatic rings. The lowest BCUT2D eigenvalue weighted by Gasteiger charge is -2.46. The van der Waals surface area contributed by atoms with Crippen molar-refractivity contribution in [3.05, 3.63) is 78.4 Å². The third-order valence-corrected chi connectivity index (χ3v) is 9.25. The average molecular weight is 521 g/mol. The molecule has 2 aromatic rings. The molecule has 0 aromatic heterocycles. The normalized spacial score (nSPS) is 12.9. The van der Waals surface area contributed by atoms with E-state index < -0.39 is 13.8 Å². The highest BCUT2D eigenvalue weighted by molar-refractivity contribution is 6.65. The summed E-state index contributed by atoms with van der Waals surface area (Å²) in [7, 11) is -3.38. The van der Waals surface area contributed by atoms with Crippen molar-refractivity contribution < 1.29 is 18.1 Å². The zero-order valence-electron chi connectivity index (χ0n) is 21.3. The number of nitrogens with two attached hydrogens (primary N) is 1. The second-order valence-electron chi connectivity index (χ2n) is 8.18. The van der Waals surface area contributed by atoms with Crippen LogP contribution in [0.25, 0.3) is 0 Å². The van der Waals surface area contributed by atoms with Crippen LogP contribution in [0.1, 0.15) is 57.6 Å². The largest absolute Gasteiger partial charge is 0.516 e. The fourth-order valence-corrected chi connectivity index (χ4v) is 8.04. The Balaban J connectivity index is 0.00000612. The van der Waals surface area contributed by atoms with Gasteiger partial charge < -0.3 is 24.3 Å². The van der Waals surface area contributed by atoms with Crippen molar-refractivity contribution in [2.75, 3.05) is 31.7 Å². The molecule has 0 saturated carbocycles. The topological polar surface area (TPSA) is 82.8 Å². The number of hydrogen-bond acceptors (Lipinski definition) is 5. The molecule has 1 atom stereocenters. The van der Waals surface area contributed by atoms with Crippen LogP contribution in [-0.4, -0.2) is 41.1 Å². The molecule has 0 bridgehead atoms. The third-order valence-electron chi connectivity index (χ3n) is 5.63. The molecular weight excluding hydrogens is 480 g/mol. The molecule has 2 rings (SSSR count). The van der Waals surface area contributed by atoms with Gasteiger partial charge in [0, 0.05) is 25.5 Å². The molecule has 35 heavy (non-hydrogen) atoms. The highest BCUT2D eigenvalue weighted by Crippen LogP contribution is 2.45. The maximum absolute atomic E-state index is 11.8. The molecular formula is C27H41ClN2O4Si. The van der Waals surface area contributed by atoms with Crippen LogP contribution in [0.15, 0.2) is 67.3 Å². The first kappa shape index (κ1) is 31.0.